The summed E-state index contributed by atoms with van der Waals surface area (Å²) in [5.41, 5.74) is 4.71. The largest absolute Gasteiger partial charge is 0.467 e. The van der Waals surface area contributed by atoms with E-state index >= 15 is 0 Å². The molecule has 0 unspecified atom stereocenters. The first-order valence-electron chi connectivity index (χ1n) is 9.04. The monoisotopic (exact) mass is 388 g/mol. The number of nitrogens with zero attached hydrogens (tertiary/aromatic N) is 2. The minimum Gasteiger partial charge on any atom is -0.467 e. The molecule has 4 rings (SSSR count). The predicted molar refractivity (Wildman–Crippen MR) is 113 cm³/mol. The van der Waals surface area contributed by atoms with Crippen molar-refractivity contribution in [1.29, 1.82) is 0 Å². The summed E-state index contributed by atoms with van der Waals surface area (Å²) in [6.45, 7) is 4.33. The maximum absolute atomic E-state index is 13.3. The third-order valence-electron chi connectivity index (χ3n) is 4.58. The molecule has 1 amide bonds. The summed E-state index contributed by atoms with van der Waals surface area (Å²) in [5, 5.41) is 2.64. The Balaban J connectivity index is 1.70. The minimum atomic E-state index is -0.0840. The van der Waals surface area contributed by atoms with Gasteiger partial charge in [-0.05, 0) is 37.6 Å². The normalized spacial score (nSPS) is 10.8. The van der Waals surface area contributed by atoms with Crippen LogP contribution < -0.4 is 4.90 Å². The molecule has 2 aromatic carbocycles. The summed E-state index contributed by atoms with van der Waals surface area (Å²) >= 11 is 1.46. The van der Waals surface area contributed by atoms with E-state index < -0.39 is 0 Å². The van der Waals surface area contributed by atoms with Crippen LogP contribution in [0.25, 0.3) is 11.3 Å². The van der Waals surface area contributed by atoms with Gasteiger partial charge in [0.1, 0.15) is 5.76 Å². The highest BCUT2D eigenvalue weighted by Gasteiger charge is 2.23. The summed E-state index contributed by atoms with van der Waals surface area (Å²) < 4.78 is 5.49. The van der Waals surface area contributed by atoms with Crippen LogP contribution in [0.2, 0.25) is 0 Å². The van der Waals surface area contributed by atoms with Crippen LogP contribution in [0, 0.1) is 13.8 Å². The zero-order valence-electron chi connectivity index (χ0n) is 15.8. The van der Waals surface area contributed by atoms with Crippen LogP contribution in [-0.2, 0) is 6.54 Å². The predicted octanol–water partition coefficient (Wildman–Crippen LogP) is 5.87. The number of furan rings is 1. The highest BCUT2D eigenvalue weighted by molar-refractivity contribution is 7.14. The average molecular weight is 388 g/mol. The Morgan fingerprint density at radius 3 is 2.54 bits per heavy atom. The molecule has 2 heterocycles. The van der Waals surface area contributed by atoms with Gasteiger partial charge in [-0.25, -0.2) is 4.98 Å². The Bertz CT molecular complexity index is 1080. The highest BCUT2D eigenvalue weighted by atomic mass is 32.1. The summed E-state index contributed by atoms with van der Waals surface area (Å²) in [6, 6.07) is 19.5. The Labute approximate surface area is 168 Å². The number of aromatic nitrogens is 1. The van der Waals surface area contributed by atoms with E-state index in [-0.39, 0.29) is 5.91 Å². The number of hydrogen-bond acceptors (Lipinski definition) is 4. The molecule has 28 heavy (non-hydrogen) atoms. The van der Waals surface area contributed by atoms with Crippen LogP contribution in [0.15, 0.2) is 76.7 Å². The lowest BCUT2D eigenvalue weighted by atomic mass is 10.1. The quantitative estimate of drug-likeness (QED) is 0.430. The van der Waals surface area contributed by atoms with Crippen LogP contribution in [0.1, 0.15) is 27.2 Å². The molecule has 4 aromatic rings. The van der Waals surface area contributed by atoms with Crippen molar-refractivity contribution in [2.45, 2.75) is 20.4 Å². The Morgan fingerprint density at radius 2 is 1.82 bits per heavy atom. The van der Waals surface area contributed by atoms with E-state index in [1.807, 2.05) is 60.8 Å². The van der Waals surface area contributed by atoms with Crippen LogP contribution in [0.4, 0.5) is 5.13 Å². The van der Waals surface area contributed by atoms with Gasteiger partial charge < -0.3 is 4.42 Å². The average Bonchev–Trinajstić information content (AvgIpc) is 3.39. The first kappa shape index (κ1) is 18.2. The minimum absolute atomic E-state index is 0.0840. The molecule has 4 nitrogen and oxygen atoms in total. The van der Waals surface area contributed by atoms with Gasteiger partial charge in [-0.1, -0.05) is 48.0 Å². The van der Waals surface area contributed by atoms with Gasteiger partial charge in [0.05, 0.1) is 18.5 Å². The zero-order valence-corrected chi connectivity index (χ0v) is 16.6. The molecule has 0 saturated heterocycles. The number of carbonyl (C=O) groups is 1. The van der Waals surface area contributed by atoms with E-state index in [4.69, 9.17) is 9.40 Å². The fraction of sp³-hybridized carbons (Fsp3) is 0.130. The summed E-state index contributed by atoms with van der Waals surface area (Å²) in [6.07, 6.45) is 1.62. The van der Waals surface area contributed by atoms with E-state index in [1.54, 1.807) is 11.2 Å². The maximum atomic E-state index is 13.3. The first-order chi connectivity index (χ1) is 13.6. The van der Waals surface area contributed by atoms with Gasteiger partial charge in [0.25, 0.3) is 5.91 Å². The number of benzene rings is 2. The lowest BCUT2D eigenvalue weighted by Gasteiger charge is -2.19. The van der Waals surface area contributed by atoms with Crippen molar-refractivity contribution < 1.29 is 9.21 Å². The molecule has 0 spiro atoms. The Kier molecular flexibility index (Phi) is 5.08. The molecular weight excluding hydrogens is 368 g/mol. The maximum Gasteiger partial charge on any atom is 0.260 e. The molecule has 0 radical (unpaired) electrons. The molecule has 0 aliphatic heterocycles. The van der Waals surface area contributed by atoms with Gasteiger partial charge in [0, 0.05) is 16.5 Å². The van der Waals surface area contributed by atoms with Gasteiger partial charge in [0.2, 0.25) is 0 Å². The number of hydrogen-bond donors (Lipinski definition) is 0. The second-order valence-corrected chi connectivity index (χ2v) is 7.50. The first-order valence-corrected chi connectivity index (χ1v) is 9.92. The second kappa shape index (κ2) is 7.82. The number of anilines is 1. The van der Waals surface area contributed by atoms with E-state index in [0.717, 1.165) is 16.8 Å². The van der Waals surface area contributed by atoms with Gasteiger partial charge in [-0.15, -0.1) is 11.3 Å². The van der Waals surface area contributed by atoms with E-state index in [1.165, 1.54) is 16.9 Å². The Hall–Kier alpha value is -3.18. The zero-order chi connectivity index (χ0) is 19.5. The fourth-order valence-corrected chi connectivity index (χ4v) is 3.82. The third-order valence-corrected chi connectivity index (χ3v) is 5.45. The van der Waals surface area contributed by atoms with Crippen LogP contribution in [0.3, 0.4) is 0 Å². The van der Waals surface area contributed by atoms with Crippen LogP contribution >= 0.6 is 11.3 Å². The highest BCUT2D eigenvalue weighted by Crippen LogP contribution is 2.30. The van der Waals surface area contributed by atoms with E-state index in [2.05, 4.69) is 19.1 Å². The van der Waals surface area contributed by atoms with Crippen molar-refractivity contribution in [3.8, 4) is 11.3 Å². The molecular formula is C23H20N2O2S. The molecule has 0 bridgehead atoms. The topological polar surface area (TPSA) is 46.3 Å². The van der Waals surface area contributed by atoms with E-state index in [0.29, 0.717) is 23.0 Å². The Morgan fingerprint density at radius 1 is 1.04 bits per heavy atom. The standard InChI is InChI=1S/C23H20N2O2S/c1-16-9-11-18(12-10-16)21-15-28-23(24-21)25(14-19-7-5-13-27-19)22(26)20-8-4-3-6-17(20)2/h3-13,15H,14H2,1-2H3. The SMILES string of the molecule is Cc1ccc(-c2csc(N(Cc3ccco3)C(=O)c3ccccc3C)n2)cc1. The molecule has 140 valence electrons. The molecule has 0 N–H and O–H groups in total. The van der Waals surface area contributed by atoms with Crippen molar-refractivity contribution in [3.05, 3.63) is 94.8 Å². The lowest BCUT2D eigenvalue weighted by molar-refractivity contribution is 0.0982. The number of carbonyl (C=O) groups excluding carboxylic acids is 1. The van der Waals surface area contributed by atoms with Gasteiger partial charge in [-0.2, -0.15) is 0 Å². The lowest BCUT2D eigenvalue weighted by Crippen LogP contribution is -2.30. The van der Waals surface area contributed by atoms with Crippen molar-refractivity contribution in [3.63, 3.8) is 0 Å². The molecule has 2 aromatic heterocycles. The molecule has 5 heteroatoms. The molecule has 0 aliphatic rings. The second-order valence-electron chi connectivity index (χ2n) is 6.67. The van der Waals surface area contributed by atoms with Crippen molar-refractivity contribution in [1.82, 2.24) is 4.98 Å². The summed E-state index contributed by atoms with van der Waals surface area (Å²) in [7, 11) is 0. The summed E-state index contributed by atoms with van der Waals surface area (Å²) in [4.78, 5) is 19.8. The van der Waals surface area contributed by atoms with Gasteiger partial charge >= 0.3 is 0 Å². The number of aryl methyl sites for hydroxylation is 2. The van der Waals surface area contributed by atoms with Crippen LogP contribution in [0.5, 0.6) is 0 Å². The third kappa shape index (κ3) is 3.75. The van der Waals surface area contributed by atoms with Gasteiger partial charge in [0.15, 0.2) is 5.13 Å². The molecule has 0 fully saturated rings. The number of thiazole rings is 1. The smallest absolute Gasteiger partial charge is 0.260 e. The molecule has 0 atom stereocenters. The molecule has 0 aliphatic carbocycles. The van der Waals surface area contributed by atoms with E-state index in [9.17, 15) is 4.79 Å². The summed E-state index contributed by atoms with van der Waals surface area (Å²) in [5.74, 6) is 0.633. The van der Waals surface area contributed by atoms with Crippen molar-refractivity contribution in [2.75, 3.05) is 4.90 Å². The number of rotatable bonds is 5. The van der Waals surface area contributed by atoms with Crippen molar-refractivity contribution in [2.24, 2.45) is 0 Å². The van der Waals surface area contributed by atoms with Gasteiger partial charge in [-0.3, -0.25) is 9.69 Å². The fourth-order valence-electron chi connectivity index (χ4n) is 2.99. The van der Waals surface area contributed by atoms with Crippen LogP contribution in [-0.4, -0.2) is 10.9 Å². The number of amides is 1. The molecule has 0 saturated carbocycles. The van der Waals surface area contributed by atoms with Crippen molar-refractivity contribution >= 4 is 22.4 Å².